The van der Waals surface area contributed by atoms with Gasteiger partial charge in [0.2, 0.25) is 5.76 Å². The second kappa shape index (κ2) is 6.79. The Balaban J connectivity index is 1.83. The lowest BCUT2D eigenvalue weighted by molar-refractivity contribution is 0.0660. The molecule has 1 N–H and O–H groups in total. The third-order valence-electron chi connectivity index (χ3n) is 4.23. The predicted octanol–water partition coefficient (Wildman–Crippen LogP) is 4.54. The number of fused-ring (bicyclic) bond motifs is 1. The minimum atomic E-state index is -1.14. The zero-order chi connectivity index (χ0) is 19.1. The first-order valence-electron chi connectivity index (χ1n) is 8.00. The molecule has 0 bridgehead atoms. The normalized spacial score (nSPS) is 11.2. The molecule has 0 aliphatic rings. The van der Waals surface area contributed by atoms with Crippen LogP contribution in [0.3, 0.4) is 0 Å². The van der Waals surface area contributed by atoms with E-state index in [1.807, 2.05) is 29.6 Å². The standard InChI is InChI=1S/C19H13BrN2O4S/c1-10-21-17-16(14(9-27-17)11-2-4-12(20)5-3-11)18(23)22(10)8-13-6-7-15(26-13)19(24)25/h2-7,9H,8H2,1H3,(H,24,25). The lowest BCUT2D eigenvalue weighted by Gasteiger charge is -2.08. The van der Waals surface area contributed by atoms with E-state index in [4.69, 9.17) is 9.52 Å². The van der Waals surface area contributed by atoms with Crippen molar-refractivity contribution in [3.8, 4) is 11.1 Å². The van der Waals surface area contributed by atoms with Crippen molar-refractivity contribution in [1.29, 1.82) is 0 Å². The molecular formula is C19H13BrN2O4S. The third kappa shape index (κ3) is 3.22. The summed E-state index contributed by atoms with van der Waals surface area (Å²) in [5.41, 5.74) is 1.59. The summed E-state index contributed by atoms with van der Waals surface area (Å²) in [5.74, 6) is -0.366. The van der Waals surface area contributed by atoms with Gasteiger partial charge in [0.1, 0.15) is 16.4 Å². The zero-order valence-corrected chi connectivity index (χ0v) is 16.5. The molecule has 0 radical (unpaired) electrons. The van der Waals surface area contributed by atoms with Crippen molar-refractivity contribution in [2.75, 3.05) is 0 Å². The molecule has 0 saturated heterocycles. The Bertz CT molecular complexity index is 1220. The fourth-order valence-electron chi connectivity index (χ4n) is 2.89. The maximum atomic E-state index is 13.2. The Morgan fingerprint density at radius 1 is 1.26 bits per heavy atom. The summed E-state index contributed by atoms with van der Waals surface area (Å²) in [6, 6.07) is 10.7. The number of nitrogens with zero attached hydrogens (tertiary/aromatic N) is 2. The van der Waals surface area contributed by atoms with Crippen LogP contribution in [0.2, 0.25) is 0 Å². The highest BCUT2D eigenvalue weighted by Gasteiger charge is 2.17. The van der Waals surface area contributed by atoms with Gasteiger partial charge in [0.15, 0.2) is 0 Å². The number of carboxylic acid groups (broad SMARTS) is 1. The number of hydrogen-bond acceptors (Lipinski definition) is 5. The number of thiophene rings is 1. The van der Waals surface area contributed by atoms with E-state index >= 15 is 0 Å². The minimum Gasteiger partial charge on any atom is -0.475 e. The average molecular weight is 445 g/mol. The summed E-state index contributed by atoms with van der Waals surface area (Å²) >= 11 is 4.84. The van der Waals surface area contributed by atoms with Crippen LogP contribution in [0.15, 0.2) is 55.5 Å². The van der Waals surface area contributed by atoms with E-state index in [0.29, 0.717) is 21.8 Å². The van der Waals surface area contributed by atoms with E-state index in [9.17, 15) is 9.59 Å². The van der Waals surface area contributed by atoms with E-state index in [-0.39, 0.29) is 17.9 Å². The van der Waals surface area contributed by atoms with E-state index < -0.39 is 5.97 Å². The first-order valence-corrected chi connectivity index (χ1v) is 9.68. The smallest absolute Gasteiger partial charge is 0.371 e. The molecule has 136 valence electrons. The van der Waals surface area contributed by atoms with Crippen LogP contribution in [0.25, 0.3) is 21.3 Å². The number of aryl methyl sites for hydroxylation is 1. The summed E-state index contributed by atoms with van der Waals surface area (Å²) in [7, 11) is 0. The van der Waals surface area contributed by atoms with Crippen LogP contribution < -0.4 is 5.56 Å². The lowest BCUT2D eigenvalue weighted by Crippen LogP contribution is -2.24. The van der Waals surface area contributed by atoms with Crippen molar-refractivity contribution >= 4 is 43.5 Å². The summed E-state index contributed by atoms with van der Waals surface area (Å²) in [6.45, 7) is 1.87. The lowest BCUT2D eigenvalue weighted by atomic mass is 10.1. The molecule has 0 unspecified atom stereocenters. The SMILES string of the molecule is Cc1nc2scc(-c3ccc(Br)cc3)c2c(=O)n1Cc1ccc(C(=O)O)o1. The first kappa shape index (κ1) is 17.7. The molecule has 4 rings (SSSR count). The van der Waals surface area contributed by atoms with Gasteiger partial charge in [-0.05, 0) is 36.8 Å². The molecule has 0 spiro atoms. The van der Waals surface area contributed by atoms with E-state index in [2.05, 4.69) is 20.9 Å². The number of benzene rings is 1. The molecule has 0 fully saturated rings. The molecule has 27 heavy (non-hydrogen) atoms. The predicted molar refractivity (Wildman–Crippen MR) is 107 cm³/mol. The molecule has 8 heteroatoms. The molecule has 0 amide bonds. The van der Waals surface area contributed by atoms with Gasteiger partial charge in [0.25, 0.3) is 5.56 Å². The fourth-order valence-corrected chi connectivity index (χ4v) is 4.14. The molecule has 3 aromatic heterocycles. The molecule has 0 aliphatic heterocycles. The number of hydrogen-bond donors (Lipinski definition) is 1. The summed E-state index contributed by atoms with van der Waals surface area (Å²) < 4.78 is 7.76. The van der Waals surface area contributed by atoms with E-state index in [1.54, 1.807) is 13.0 Å². The van der Waals surface area contributed by atoms with Gasteiger partial charge in [-0.15, -0.1) is 11.3 Å². The van der Waals surface area contributed by atoms with Crippen LogP contribution in [0, 0.1) is 6.92 Å². The number of rotatable bonds is 4. The highest BCUT2D eigenvalue weighted by molar-refractivity contribution is 9.10. The zero-order valence-electron chi connectivity index (χ0n) is 14.1. The molecule has 0 aliphatic carbocycles. The van der Waals surface area contributed by atoms with Crippen LogP contribution in [-0.2, 0) is 6.54 Å². The van der Waals surface area contributed by atoms with Crippen molar-refractivity contribution in [3.05, 3.63) is 73.9 Å². The molecular weight excluding hydrogens is 432 g/mol. The van der Waals surface area contributed by atoms with Gasteiger partial charge in [0.05, 0.1) is 11.9 Å². The Morgan fingerprint density at radius 2 is 2.00 bits per heavy atom. The van der Waals surface area contributed by atoms with Crippen molar-refractivity contribution < 1.29 is 14.3 Å². The quantitative estimate of drug-likeness (QED) is 0.499. The maximum absolute atomic E-state index is 13.2. The first-order chi connectivity index (χ1) is 12.9. The van der Waals surface area contributed by atoms with Gasteiger partial charge in [0, 0.05) is 15.4 Å². The van der Waals surface area contributed by atoms with Crippen LogP contribution >= 0.6 is 27.3 Å². The molecule has 3 heterocycles. The number of aromatic nitrogens is 2. The van der Waals surface area contributed by atoms with Crippen LogP contribution in [0.5, 0.6) is 0 Å². The van der Waals surface area contributed by atoms with Crippen molar-refractivity contribution in [2.24, 2.45) is 0 Å². The van der Waals surface area contributed by atoms with E-state index in [0.717, 1.165) is 15.6 Å². The Hall–Kier alpha value is -2.71. The molecule has 0 saturated carbocycles. The van der Waals surface area contributed by atoms with Gasteiger partial charge < -0.3 is 9.52 Å². The van der Waals surface area contributed by atoms with Gasteiger partial charge in [-0.2, -0.15) is 0 Å². The number of carbonyl (C=O) groups is 1. The third-order valence-corrected chi connectivity index (χ3v) is 5.63. The van der Waals surface area contributed by atoms with Crippen LogP contribution in [0.1, 0.15) is 22.1 Å². The van der Waals surface area contributed by atoms with Gasteiger partial charge in [-0.1, -0.05) is 28.1 Å². The fraction of sp³-hybridized carbons (Fsp3) is 0.105. The summed E-state index contributed by atoms with van der Waals surface area (Å²) in [5, 5.41) is 11.5. The Morgan fingerprint density at radius 3 is 2.67 bits per heavy atom. The second-order valence-electron chi connectivity index (χ2n) is 5.96. The second-order valence-corrected chi connectivity index (χ2v) is 7.73. The molecule has 1 aromatic carbocycles. The van der Waals surface area contributed by atoms with E-state index in [1.165, 1.54) is 22.0 Å². The summed E-state index contributed by atoms with van der Waals surface area (Å²) in [4.78, 5) is 29.4. The minimum absolute atomic E-state index is 0.122. The van der Waals surface area contributed by atoms with Crippen molar-refractivity contribution in [1.82, 2.24) is 9.55 Å². The molecule has 6 nitrogen and oxygen atoms in total. The van der Waals surface area contributed by atoms with Crippen LogP contribution in [-0.4, -0.2) is 20.6 Å². The monoisotopic (exact) mass is 444 g/mol. The highest BCUT2D eigenvalue weighted by Crippen LogP contribution is 2.31. The van der Waals surface area contributed by atoms with Gasteiger partial charge in [-0.25, -0.2) is 9.78 Å². The highest BCUT2D eigenvalue weighted by atomic mass is 79.9. The Kier molecular flexibility index (Phi) is 4.45. The number of halogens is 1. The summed E-state index contributed by atoms with van der Waals surface area (Å²) in [6.07, 6.45) is 0. The van der Waals surface area contributed by atoms with Gasteiger partial charge in [-0.3, -0.25) is 9.36 Å². The Labute approximate surface area is 165 Å². The average Bonchev–Trinajstić information content (AvgIpc) is 3.26. The topological polar surface area (TPSA) is 85.3 Å². The number of aromatic carboxylic acids is 1. The van der Waals surface area contributed by atoms with Crippen molar-refractivity contribution in [2.45, 2.75) is 13.5 Å². The molecule has 0 atom stereocenters. The number of furan rings is 1. The largest absolute Gasteiger partial charge is 0.475 e. The van der Waals surface area contributed by atoms with Gasteiger partial charge >= 0.3 is 5.97 Å². The number of carboxylic acids is 1. The van der Waals surface area contributed by atoms with Crippen LogP contribution in [0.4, 0.5) is 0 Å². The maximum Gasteiger partial charge on any atom is 0.371 e. The van der Waals surface area contributed by atoms with Crippen molar-refractivity contribution in [3.63, 3.8) is 0 Å². The molecule has 4 aromatic rings.